The number of rotatable bonds is 6. The Hall–Kier alpha value is -3.75. The standard InChI is InChI=1S/C26H30N6O3/c1-17-14-23(26(33)29-19-6-5-18-4-3-11-27-22(18)15-19)30-31-25(17)32-12-9-20(10-13-32)35-21-7-8-24(34-2)28-16-21/h3-4,7-8,11,14,16,19-20H,5-6,9-10,12-13,15H2,1-2H3,(H,29,33)/t19-/m0/s1. The average Bonchev–Trinajstić information content (AvgIpc) is 2.89. The second-order valence-corrected chi connectivity index (χ2v) is 9.10. The van der Waals surface area contributed by atoms with Gasteiger partial charge in [-0.05, 0) is 49.1 Å². The lowest BCUT2D eigenvalue weighted by atomic mass is 9.92. The Morgan fingerprint density at radius 3 is 2.71 bits per heavy atom. The minimum absolute atomic E-state index is 0.0617. The molecule has 2 aliphatic rings. The Morgan fingerprint density at radius 1 is 1.11 bits per heavy atom. The van der Waals surface area contributed by atoms with Crippen LogP contribution in [0.1, 0.15) is 46.6 Å². The van der Waals surface area contributed by atoms with Crippen LogP contribution in [0.5, 0.6) is 11.6 Å². The molecule has 0 saturated carbocycles. The van der Waals surface area contributed by atoms with E-state index in [4.69, 9.17) is 9.47 Å². The molecule has 0 bridgehead atoms. The van der Waals surface area contributed by atoms with Gasteiger partial charge in [-0.2, -0.15) is 0 Å². The SMILES string of the molecule is COc1ccc(OC2CCN(c3nnc(C(=O)N[C@H]4CCc5cccnc5C4)cc3C)CC2)cn1. The van der Waals surface area contributed by atoms with Gasteiger partial charge in [-0.25, -0.2) is 4.98 Å². The summed E-state index contributed by atoms with van der Waals surface area (Å²) < 4.78 is 11.2. The van der Waals surface area contributed by atoms with Crippen LogP contribution < -0.4 is 19.7 Å². The van der Waals surface area contributed by atoms with Crippen LogP contribution in [0.3, 0.4) is 0 Å². The normalized spacial score (nSPS) is 18.0. The molecule has 0 radical (unpaired) electrons. The van der Waals surface area contributed by atoms with E-state index in [1.807, 2.05) is 31.3 Å². The zero-order valence-electron chi connectivity index (χ0n) is 20.1. The number of aromatic nitrogens is 4. The monoisotopic (exact) mass is 474 g/mol. The zero-order chi connectivity index (χ0) is 24.2. The lowest BCUT2D eigenvalue weighted by Crippen LogP contribution is -2.40. The first-order valence-electron chi connectivity index (χ1n) is 12.1. The summed E-state index contributed by atoms with van der Waals surface area (Å²) in [7, 11) is 1.59. The summed E-state index contributed by atoms with van der Waals surface area (Å²) in [5.74, 6) is 1.95. The van der Waals surface area contributed by atoms with E-state index in [0.29, 0.717) is 11.6 Å². The van der Waals surface area contributed by atoms with Gasteiger partial charge in [0.1, 0.15) is 11.9 Å². The number of hydrogen-bond donors (Lipinski definition) is 1. The Balaban J connectivity index is 1.15. The molecule has 5 rings (SSSR count). The summed E-state index contributed by atoms with van der Waals surface area (Å²) >= 11 is 0. The quantitative estimate of drug-likeness (QED) is 0.582. The van der Waals surface area contributed by atoms with Gasteiger partial charge < -0.3 is 19.7 Å². The van der Waals surface area contributed by atoms with Crippen molar-refractivity contribution in [2.45, 2.75) is 51.2 Å². The molecule has 9 nitrogen and oxygen atoms in total. The summed E-state index contributed by atoms with van der Waals surface area (Å²) in [4.78, 5) is 23.7. The fraction of sp³-hybridized carbons (Fsp3) is 0.423. The zero-order valence-corrected chi connectivity index (χ0v) is 20.1. The van der Waals surface area contributed by atoms with Crippen molar-refractivity contribution in [2.24, 2.45) is 0 Å². The number of carbonyl (C=O) groups is 1. The fourth-order valence-corrected chi connectivity index (χ4v) is 4.77. The molecule has 1 aliphatic carbocycles. The molecule has 4 heterocycles. The van der Waals surface area contributed by atoms with Crippen molar-refractivity contribution >= 4 is 11.7 Å². The third-order valence-corrected chi connectivity index (χ3v) is 6.68. The molecule has 1 amide bonds. The number of ether oxygens (including phenoxy) is 2. The lowest BCUT2D eigenvalue weighted by molar-refractivity contribution is 0.0927. The number of piperidine rings is 1. The molecular formula is C26H30N6O3. The van der Waals surface area contributed by atoms with Crippen LogP contribution in [0, 0.1) is 6.92 Å². The molecule has 1 fully saturated rings. The van der Waals surface area contributed by atoms with Crippen LogP contribution in [0.4, 0.5) is 5.82 Å². The van der Waals surface area contributed by atoms with Crippen LogP contribution in [0.2, 0.25) is 0 Å². The molecule has 1 aliphatic heterocycles. The maximum Gasteiger partial charge on any atom is 0.272 e. The average molecular weight is 475 g/mol. The van der Waals surface area contributed by atoms with Crippen LogP contribution in [0.15, 0.2) is 42.7 Å². The lowest BCUT2D eigenvalue weighted by Gasteiger charge is -2.33. The minimum Gasteiger partial charge on any atom is -0.489 e. The highest BCUT2D eigenvalue weighted by Crippen LogP contribution is 2.25. The number of aryl methyl sites for hydroxylation is 2. The van der Waals surface area contributed by atoms with E-state index < -0.39 is 0 Å². The molecule has 9 heteroatoms. The number of anilines is 1. The van der Waals surface area contributed by atoms with E-state index in [2.05, 4.69) is 36.4 Å². The first-order chi connectivity index (χ1) is 17.1. The minimum atomic E-state index is -0.184. The Labute approximate surface area is 204 Å². The molecule has 35 heavy (non-hydrogen) atoms. The molecule has 1 N–H and O–H groups in total. The number of methoxy groups -OCH3 is 1. The summed E-state index contributed by atoms with van der Waals surface area (Å²) in [6.07, 6.45) is 7.92. The van der Waals surface area contributed by atoms with Crippen molar-refractivity contribution < 1.29 is 14.3 Å². The molecule has 1 saturated heterocycles. The van der Waals surface area contributed by atoms with E-state index in [0.717, 1.165) is 68.0 Å². The summed E-state index contributed by atoms with van der Waals surface area (Å²) in [6, 6.07) is 9.64. The van der Waals surface area contributed by atoms with Gasteiger partial charge in [0.05, 0.1) is 13.3 Å². The Morgan fingerprint density at radius 2 is 1.97 bits per heavy atom. The van der Waals surface area contributed by atoms with Gasteiger partial charge in [-0.1, -0.05) is 6.07 Å². The maximum absolute atomic E-state index is 12.8. The van der Waals surface area contributed by atoms with Crippen LogP contribution in [0.25, 0.3) is 0 Å². The van der Waals surface area contributed by atoms with Crippen LogP contribution in [-0.4, -0.2) is 58.4 Å². The van der Waals surface area contributed by atoms with Gasteiger partial charge in [-0.15, -0.1) is 10.2 Å². The van der Waals surface area contributed by atoms with Gasteiger partial charge in [0, 0.05) is 56.4 Å². The van der Waals surface area contributed by atoms with E-state index >= 15 is 0 Å². The predicted octanol–water partition coefficient (Wildman–Crippen LogP) is 2.92. The van der Waals surface area contributed by atoms with Crippen molar-refractivity contribution in [1.29, 1.82) is 0 Å². The first kappa shape index (κ1) is 23.0. The van der Waals surface area contributed by atoms with Crippen LogP contribution >= 0.6 is 0 Å². The number of amides is 1. The highest BCUT2D eigenvalue weighted by molar-refractivity contribution is 5.92. The maximum atomic E-state index is 12.8. The largest absolute Gasteiger partial charge is 0.489 e. The highest BCUT2D eigenvalue weighted by atomic mass is 16.5. The van der Waals surface area contributed by atoms with Crippen molar-refractivity contribution in [3.8, 4) is 11.6 Å². The summed E-state index contributed by atoms with van der Waals surface area (Å²) in [5.41, 5.74) is 3.63. The van der Waals surface area contributed by atoms with Crippen LogP contribution in [-0.2, 0) is 12.8 Å². The van der Waals surface area contributed by atoms with E-state index in [9.17, 15) is 4.79 Å². The topological polar surface area (TPSA) is 102 Å². The third-order valence-electron chi connectivity index (χ3n) is 6.68. The molecule has 0 unspecified atom stereocenters. The number of nitrogens with one attached hydrogen (secondary N) is 1. The summed E-state index contributed by atoms with van der Waals surface area (Å²) in [5, 5.41) is 11.8. The molecule has 182 valence electrons. The molecule has 3 aromatic heterocycles. The molecular weight excluding hydrogens is 444 g/mol. The van der Waals surface area contributed by atoms with E-state index in [-0.39, 0.29) is 18.1 Å². The van der Waals surface area contributed by atoms with Gasteiger partial charge in [-0.3, -0.25) is 9.78 Å². The van der Waals surface area contributed by atoms with Gasteiger partial charge in [0.25, 0.3) is 5.91 Å². The number of pyridine rings is 2. The third kappa shape index (κ3) is 5.34. The molecule has 0 aromatic carbocycles. The van der Waals surface area contributed by atoms with Crippen molar-refractivity contribution in [3.05, 3.63) is 65.2 Å². The second-order valence-electron chi connectivity index (χ2n) is 9.10. The Kier molecular flexibility index (Phi) is 6.74. The molecule has 3 aromatic rings. The smallest absolute Gasteiger partial charge is 0.272 e. The highest BCUT2D eigenvalue weighted by Gasteiger charge is 2.25. The van der Waals surface area contributed by atoms with E-state index in [1.54, 1.807) is 19.4 Å². The number of nitrogens with zero attached hydrogens (tertiary/aromatic N) is 5. The van der Waals surface area contributed by atoms with Crippen molar-refractivity contribution in [3.63, 3.8) is 0 Å². The first-order valence-corrected chi connectivity index (χ1v) is 12.1. The predicted molar refractivity (Wildman–Crippen MR) is 131 cm³/mol. The molecule has 0 spiro atoms. The van der Waals surface area contributed by atoms with Crippen molar-refractivity contribution in [1.82, 2.24) is 25.5 Å². The van der Waals surface area contributed by atoms with Crippen molar-refractivity contribution in [2.75, 3.05) is 25.1 Å². The second kappa shape index (κ2) is 10.2. The molecule has 1 atom stereocenters. The number of hydrogen-bond acceptors (Lipinski definition) is 8. The van der Waals surface area contributed by atoms with E-state index in [1.165, 1.54) is 5.56 Å². The van der Waals surface area contributed by atoms with Gasteiger partial charge >= 0.3 is 0 Å². The fourth-order valence-electron chi connectivity index (χ4n) is 4.77. The Bertz CT molecular complexity index is 1180. The number of fused-ring (bicyclic) bond motifs is 1. The number of carbonyl (C=O) groups excluding carboxylic acids is 1. The van der Waals surface area contributed by atoms with Gasteiger partial charge in [0.2, 0.25) is 5.88 Å². The van der Waals surface area contributed by atoms with Gasteiger partial charge in [0.15, 0.2) is 11.5 Å². The summed E-state index contributed by atoms with van der Waals surface area (Å²) in [6.45, 7) is 3.60.